The van der Waals surface area contributed by atoms with E-state index in [2.05, 4.69) is 9.82 Å². The molecule has 132 valence electrons. The van der Waals surface area contributed by atoms with Crippen LogP contribution < -0.4 is 9.46 Å². The SMILES string of the molecule is CCn1nc(C)c([C@@H](C)NS(=O)(=O)c2ccc(OC)c(C)c2)c1C. The lowest BCUT2D eigenvalue weighted by Crippen LogP contribution is -2.27. The molecule has 0 aliphatic rings. The molecule has 0 saturated heterocycles. The second-order valence-electron chi connectivity index (χ2n) is 5.87. The van der Waals surface area contributed by atoms with Crippen LogP contribution in [0.4, 0.5) is 0 Å². The van der Waals surface area contributed by atoms with Crippen LogP contribution in [-0.4, -0.2) is 25.3 Å². The van der Waals surface area contributed by atoms with E-state index in [4.69, 9.17) is 4.74 Å². The maximum atomic E-state index is 12.7. The monoisotopic (exact) mass is 351 g/mol. The molecule has 0 aliphatic heterocycles. The number of benzene rings is 1. The Hall–Kier alpha value is -1.86. The van der Waals surface area contributed by atoms with Gasteiger partial charge in [0.1, 0.15) is 5.75 Å². The number of ether oxygens (including phenoxy) is 1. The molecule has 2 aromatic rings. The van der Waals surface area contributed by atoms with Crippen molar-refractivity contribution in [2.45, 2.75) is 52.1 Å². The first kappa shape index (κ1) is 18.5. The molecule has 0 amide bonds. The van der Waals surface area contributed by atoms with E-state index in [0.29, 0.717) is 5.75 Å². The number of hydrogen-bond donors (Lipinski definition) is 1. The third-order valence-electron chi connectivity index (χ3n) is 4.18. The molecule has 1 N–H and O–H groups in total. The third kappa shape index (κ3) is 3.47. The standard InChI is InChI=1S/C17H25N3O3S/c1-7-20-14(5)17(12(3)18-20)13(4)19-24(21,22)15-8-9-16(23-6)11(2)10-15/h8-10,13,19H,7H2,1-6H3/t13-/m1/s1. The molecule has 1 aromatic heterocycles. The van der Waals surface area contributed by atoms with E-state index in [1.54, 1.807) is 25.3 Å². The van der Waals surface area contributed by atoms with Crippen LogP contribution in [0.3, 0.4) is 0 Å². The van der Waals surface area contributed by atoms with Gasteiger partial charge in [0.05, 0.1) is 17.7 Å². The van der Waals surface area contributed by atoms with E-state index < -0.39 is 10.0 Å². The molecule has 1 heterocycles. The van der Waals surface area contributed by atoms with Crippen molar-refractivity contribution in [1.29, 1.82) is 0 Å². The first-order valence-electron chi connectivity index (χ1n) is 7.92. The van der Waals surface area contributed by atoms with Gasteiger partial charge in [0.2, 0.25) is 10.0 Å². The van der Waals surface area contributed by atoms with E-state index >= 15 is 0 Å². The Morgan fingerprint density at radius 3 is 2.46 bits per heavy atom. The predicted molar refractivity (Wildman–Crippen MR) is 93.8 cm³/mol. The summed E-state index contributed by atoms with van der Waals surface area (Å²) in [5.74, 6) is 0.665. The minimum Gasteiger partial charge on any atom is -0.496 e. The first-order valence-corrected chi connectivity index (χ1v) is 9.40. The Labute approximate surface area is 143 Å². The van der Waals surface area contributed by atoms with E-state index in [1.165, 1.54) is 0 Å². The van der Waals surface area contributed by atoms with Gasteiger partial charge < -0.3 is 4.74 Å². The van der Waals surface area contributed by atoms with Crippen molar-refractivity contribution in [1.82, 2.24) is 14.5 Å². The summed E-state index contributed by atoms with van der Waals surface area (Å²) in [6.07, 6.45) is 0. The van der Waals surface area contributed by atoms with Gasteiger partial charge in [-0.25, -0.2) is 13.1 Å². The van der Waals surface area contributed by atoms with Gasteiger partial charge in [-0.2, -0.15) is 5.10 Å². The lowest BCUT2D eigenvalue weighted by Gasteiger charge is -2.16. The zero-order valence-electron chi connectivity index (χ0n) is 15.0. The Bertz CT molecular complexity index is 841. The lowest BCUT2D eigenvalue weighted by molar-refractivity contribution is 0.411. The highest BCUT2D eigenvalue weighted by Crippen LogP contribution is 2.25. The number of aromatic nitrogens is 2. The highest BCUT2D eigenvalue weighted by molar-refractivity contribution is 7.89. The summed E-state index contributed by atoms with van der Waals surface area (Å²) in [5.41, 5.74) is 3.52. The third-order valence-corrected chi connectivity index (χ3v) is 5.72. The summed E-state index contributed by atoms with van der Waals surface area (Å²) in [5, 5.41) is 4.45. The van der Waals surface area contributed by atoms with Crippen LogP contribution in [-0.2, 0) is 16.6 Å². The van der Waals surface area contributed by atoms with Crippen molar-refractivity contribution in [3.8, 4) is 5.75 Å². The zero-order valence-corrected chi connectivity index (χ0v) is 15.9. The molecule has 24 heavy (non-hydrogen) atoms. The molecule has 1 atom stereocenters. The number of hydrogen-bond acceptors (Lipinski definition) is 4. The van der Waals surface area contributed by atoms with Crippen molar-refractivity contribution >= 4 is 10.0 Å². The molecule has 0 unspecified atom stereocenters. The number of methoxy groups -OCH3 is 1. The van der Waals surface area contributed by atoms with Gasteiger partial charge >= 0.3 is 0 Å². The number of nitrogens with zero attached hydrogens (tertiary/aromatic N) is 2. The molecule has 0 bridgehead atoms. The van der Waals surface area contributed by atoms with Gasteiger partial charge in [-0.15, -0.1) is 0 Å². The van der Waals surface area contributed by atoms with Gasteiger partial charge in [0.15, 0.2) is 0 Å². The van der Waals surface area contributed by atoms with E-state index in [-0.39, 0.29) is 10.9 Å². The second-order valence-corrected chi connectivity index (χ2v) is 7.59. The number of aryl methyl sites for hydroxylation is 3. The Kier molecular flexibility index (Phi) is 5.35. The molecule has 0 saturated carbocycles. The van der Waals surface area contributed by atoms with Crippen LogP contribution >= 0.6 is 0 Å². The number of nitrogens with one attached hydrogen (secondary N) is 1. The molecule has 2 rings (SSSR count). The quantitative estimate of drug-likeness (QED) is 0.868. The first-order chi connectivity index (χ1) is 11.2. The Balaban J connectivity index is 2.32. The second kappa shape index (κ2) is 6.94. The van der Waals surface area contributed by atoms with Crippen LogP contribution in [0.15, 0.2) is 23.1 Å². The van der Waals surface area contributed by atoms with Crippen LogP contribution in [0, 0.1) is 20.8 Å². The minimum absolute atomic E-state index is 0.228. The fourth-order valence-electron chi connectivity index (χ4n) is 3.02. The van der Waals surface area contributed by atoms with Crippen LogP contribution in [0.2, 0.25) is 0 Å². The molecular weight excluding hydrogens is 326 g/mol. The highest BCUT2D eigenvalue weighted by atomic mass is 32.2. The molecule has 1 aromatic carbocycles. The maximum Gasteiger partial charge on any atom is 0.241 e. The lowest BCUT2D eigenvalue weighted by atomic mass is 10.1. The fraction of sp³-hybridized carbons (Fsp3) is 0.471. The zero-order chi connectivity index (χ0) is 18.1. The maximum absolute atomic E-state index is 12.7. The average molecular weight is 351 g/mol. The number of sulfonamides is 1. The van der Waals surface area contributed by atoms with Crippen molar-refractivity contribution in [3.63, 3.8) is 0 Å². The summed E-state index contributed by atoms with van der Waals surface area (Å²) < 4.78 is 35.2. The van der Waals surface area contributed by atoms with Crippen molar-refractivity contribution in [2.75, 3.05) is 7.11 Å². The molecule has 0 aliphatic carbocycles. The topological polar surface area (TPSA) is 73.2 Å². The molecule has 0 radical (unpaired) electrons. The van der Waals surface area contributed by atoms with Crippen molar-refractivity contribution in [3.05, 3.63) is 40.7 Å². The van der Waals surface area contributed by atoms with Crippen molar-refractivity contribution < 1.29 is 13.2 Å². The molecule has 7 heteroatoms. The van der Waals surface area contributed by atoms with Gasteiger partial charge in [0.25, 0.3) is 0 Å². The Morgan fingerprint density at radius 1 is 1.29 bits per heavy atom. The van der Waals surface area contributed by atoms with Gasteiger partial charge in [-0.05, 0) is 58.4 Å². The van der Waals surface area contributed by atoms with E-state index in [9.17, 15) is 8.42 Å². The summed E-state index contributed by atoms with van der Waals surface area (Å²) in [7, 11) is -2.07. The van der Waals surface area contributed by atoms with Gasteiger partial charge in [-0.1, -0.05) is 0 Å². The van der Waals surface area contributed by atoms with E-state index in [1.807, 2.05) is 39.3 Å². The summed E-state index contributed by atoms with van der Waals surface area (Å²) in [6.45, 7) is 10.3. The summed E-state index contributed by atoms with van der Waals surface area (Å²) in [4.78, 5) is 0.228. The molecule has 0 fully saturated rings. The van der Waals surface area contributed by atoms with Crippen molar-refractivity contribution in [2.24, 2.45) is 0 Å². The normalized spacial score (nSPS) is 13.1. The Morgan fingerprint density at radius 2 is 1.96 bits per heavy atom. The van der Waals surface area contributed by atoms with Crippen LogP contribution in [0.1, 0.15) is 42.4 Å². The van der Waals surface area contributed by atoms with Crippen LogP contribution in [0.25, 0.3) is 0 Å². The molecular formula is C17H25N3O3S. The fourth-order valence-corrected chi connectivity index (χ4v) is 4.32. The summed E-state index contributed by atoms with van der Waals surface area (Å²) in [6, 6.07) is 4.47. The largest absolute Gasteiger partial charge is 0.496 e. The minimum atomic E-state index is -3.63. The predicted octanol–water partition coefficient (Wildman–Crippen LogP) is 2.88. The average Bonchev–Trinajstić information content (AvgIpc) is 2.80. The summed E-state index contributed by atoms with van der Waals surface area (Å²) >= 11 is 0. The smallest absolute Gasteiger partial charge is 0.241 e. The number of rotatable bonds is 6. The molecule has 0 spiro atoms. The van der Waals surface area contributed by atoms with Gasteiger partial charge in [-0.3, -0.25) is 4.68 Å². The highest BCUT2D eigenvalue weighted by Gasteiger charge is 2.23. The molecule has 6 nitrogen and oxygen atoms in total. The van der Waals surface area contributed by atoms with Crippen LogP contribution in [0.5, 0.6) is 5.75 Å². The van der Waals surface area contributed by atoms with E-state index in [0.717, 1.165) is 29.1 Å². The van der Waals surface area contributed by atoms with Gasteiger partial charge in [0, 0.05) is 23.8 Å².